The van der Waals surface area contributed by atoms with Gasteiger partial charge in [0.2, 0.25) is 0 Å². The zero-order valence-electron chi connectivity index (χ0n) is 16.7. The molecule has 140 valence electrons. The molecule has 0 radical (unpaired) electrons. The van der Waals surface area contributed by atoms with Crippen molar-refractivity contribution in [2.24, 2.45) is 0 Å². The molecular formula is C24H24N4. The van der Waals surface area contributed by atoms with Crippen LogP contribution < -0.4 is 0 Å². The smallest absolute Gasteiger partial charge is 0.0687 e. The summed E-state index contributed by atoms with van der Waals surface area (Å²) in [7, 11) is 0. The van der Waals surface area contributed by atoms with Gasteiger partial charge in [0.25, 0.3) is 0 Å². The minimum atomic E-state index is 0.0169. The number of nitrogens with zero attached hydrogens (tertiary/aromatic N) is 2. The monoisotopic (exact) mass is 368 g/mol. The van der Waals surface area contributed by atoms with Gasteiger partial charge >= 0.3 is 0 Å². The Labute approximate surface area is 164 Å². The van der Waals surface area contributed by atoms with E-state index in [1.807, 2.05) is 0 Å². The highest BCUT2D eigenvalue weighted by Crippen LogP contribution is 2.31. The Morgan fingerprint density at radius 2 is 1.36 bits per heavy atom. The standard InChI is InChI=1S/C24H24N4/c1-14-19-7-5-16(25-19)11-18-13-24(3,4)23(27-18)12-17-6-8-20(26-17)15(2)22-10-9-21(14)28-22/h5-12,25-26H,13H2,1-4H3. The summed E-state index contributed by atoms with van der Waals surface area (Å²) >= 11 is 0. The van der Waals surface area contributed by atoms with E-state index in [4.69, 9.17) is 9.97 Å². The van der Waals surface area contributed by atoms with Crippen LogP contribution in [0.3, 0.4) is 0 Å². The van der Waals surface area contributed by atoms with Crippen LogP contribution in [0.25, 0.3) is 34.2 Å². The van der Waals surface area contributed by atoms with Crippen molar-refractivity contribution in [3.05, 3.63) is 70.3 Å². The second-order valence-electron chi connectivity index (χ2n) is 8.46. The number of rotatable bonds is 0. The van der Waals surface area contributed by atoms with E-state index in [9.17, 15) is 0 Å². The van der Waals surface area contributed by atoms with E-state index in [-0.39, 0.29) is 5.41 Å². The van der Waals surface area contributed by atoms with Crippen LogP contribution in [0.15, 0.2) is 36.4 Å². The number of hydrogen-bond acceptors (Lipinski definition) is 2. The molecule has 3 aromatic rings. The summed E-state index contributed by atoms with van der Waals surface area (Å²) in [4.78, 5) is 16.9. The van der Waals surface area contributed by atoms with Gasteiger partial charge < -0.3 is 9.97 Å². The molecular weight excluding hydrogens is 344 g/mol. The normalized spacial score (nSPS) is 15.1. The van der Waals surface area contributed by atoms with Crippen molar-refractivity contribution >= 4 is 34.2 Å². The topological polar surface area (TPSA) is 57.4 Å². The number of aryl methyl sites for hydroxylation is 2. The van der Waals surface area contributed by atoms with Gasteiger partial charge in [-0.05, 0) is 73.5 Å². The molecule has 8 bridgehead atoms. The maximum absolute atomic E-state index is 4.94. The molecule has 5 heterocycles. The van der Waals surface area contributed by atoms with Crippen molar-refractivity contribution < 1.29 is 0 Å². The van der Waals surface area contributed by atoms with E-state index < -0.39 is 0 Å². The largest absolute Gasteiger partial charge is 0.355 e. The number of aromatic nitrogens is 4. The SMILES string of the molecule is Cc1c2nc(c(C)c3ccc(cc4nc(cc5ccc1[nH]5)CC4(C)C)[nH]3)C=C2. The highest BCUT2D eigenvalue weighted by Gasteiger charge is 2.28. The Morgan fingerprint density at radius 3 is 1.96 bits per heavy atom. The van der Waals surface area contributed by atoms with Crippen LogP contribution in [0.1, 0.15) is 47.8 Å². The molecule has 2 aliphatic heterocycles. The number of fused-ring (bicyclic) bond motifs is 8. The third-order valence-electron chi connectivity index (χ3n) is 5.83. The van der Waals surface area contributed by atoms with Gasteiger partial charge in [-0.15, -0.1) is 0 Å². The van der Waals surface area contributed by atoms with Gasteiger partial charge in [0, 0.05) is 45.3 Å². The van der Waals surface area contributed by atoms with Gasteiger partial charge in [-0.3, -0.25) is 4.98 Å². The van der Waals surface area contributed by atoms with Gasteiger partial charge in [-0.1, -0.05) is 13.8 Å². The molecule has 4 heteroatoms. The Hall–Kier alpha value is -3.14. The van der Waals surface area contributed by atoms with Gasteiger partial charge in [0.05, 0.1) is 11.4 Å². The van der Waals surface area contributed by atoms with E-state index in [0.29, 0.717) is 0 Å². The lowest BCUT2D eigenvalue weighted by atomic mass is 9.87. The summed E-state index contributed by atoms with van der Waals surface area (Å²) in [5, 5.41) is 0. The van der Waals surface area contributed by atoms with Crippen molar-refractivity contribution in [3.63, 3.8) is 0 Å². The summed E-state index contributed by atoms with van der Waals surface area (Å²) in [6.45, 7) is 8.74. The molecule has 4 nitrogen and oxygen atoms in total. The molecule has 2 aliphatic rings. The molecule has 0 fully saturated rings. The minimum Gasteiger partial charge on any atom is -0.355 e. The summed E-state index contributed by atoms with van der Waals surface area (Å²) < 4.78 is 0. The molecule has 0 saturated carbocycles. The number of hydrogen-bond donors (Lipinski definition) is 2. The predicted molar refractivity (Wildman–Crippen MR) is 116 cm³/mol. The van der Waals surface area contributed by atoms with Crippen molar-refractivity contribution in [1.29, 1.82) is 0 Å². The number of aromatic amines is 2. The fraction of sp³-hybridized carbons (Fsp3) is 0.250. The first kappa shape index (κ1) is 17.0. The van der Waals surface area contributed by atoms with E-state index in [0.717, 1.165) is 62.4 Å². The maximum Gasteiger partial charge on any atom is 0.0687 e. The van der Waals surface area contributed by atoms with E-state index in [1.54, 1.807) is 0 Å². The van der Waals surface area contributed by atoms with Crippen LogP contribution in [0.4, 0.5) is 0 Å². The zero-order chi connectivity index (χ0) is 19.5. The van der Waals surface area contributed by atoms with Crippen molar-refractivity contribution in [3.8, 4) is 0 Å². The summed E-state index contributed by atoms with van der Waals surface area (Å²) in [6.07, 6.45) is 5.12. The van der Waals surface area contributed by atoms with Crippen LogP contribution in [-0.4, -0.2) is 19.9 Å². The second kappa shape index (κ2) is 5.93. The highest BCUT2D eigenvalue weighted by molar-refractivity contribution is 5.79. The van der Waals surface area contributed by atoms with Gasteiger partial charge in [0.15, 0.2) is 0 Å². The first-order chi connectivity index (χ1) is 13.4. The van der Waals surface area contributed by atoms with Gasteiger partial charge in [-0.25, -0.2) is 4.98 Å². The third-order valence-corrected chi connectivity index (χ3v) is 5.83. The van der Waals surface area contributed by atoms with E-state index in [1.165, 1.54) is 0 Å². The maximum atomic E-state index is 4.94. The fourth-order valence-electron chi connectivity index (χ4n) is 4.01. The molecule has 0 aliphatic carbocycles. The van der Waals surface area contributed by atoms with E-state index in [2.05, 4.69) is 86.2 Å². The first-order valence-corrected chi connectivity index (χ1v) is 9.74. The van der Waals surface area contributed by atoms with Crippen LogP contribution >= 0.6 is 0 Å². The average molecular weight is 368 g/mol. The molecule has 3 aromatic heterocycles. The van der Waals surface area contributed by atoms with Crippen LogP contribution in [0.2, 0.25) is 0 Å². The lowest BCUT2D eigenvalue weighted by molar-refractivity contribution is 0.543. The van der Waals surface area contributed by atoms with Crippen LogP contribution in [-0.2, 0) is 11.8 Å². The molecule has 28 heavy (non-hydrogen) atoms. The Balaban J connectivity index is 1.91. The lowest BCUT2D eigenvalue weighted by Gasteiger charge is -2.15. The number of nitrogens with one attached hydrogen (secondary N) is 2. The van der Waals surface area contributed by atoms with Crippen LogP contribution in [0.5, 0.6) is 0 Å². The average Bonchev–Trinajstić information content (AvgIpc) is 3.41. The molecule has 0 atom stereocenters. The lowest BCUT2D eigenvalue weighted by Crippen LogP contribution is -2.14. The Bertz CT molecular complexity index is 1290. The molecule has 0 unspecified atom stereocenters. The van der Waals surface area contributed by atoms with Crippen molar-refractivity contribution in [2.75, 3.05) is 0 Å². The Kier molecular flexibility index (Phi) is 3.60. The van der Waals surface area contributed by atoms with Crippen molar-refractivity contribution in [1.82, 2.24) is 19.9 Å². The van der Waals surface area contributed by atoms with Crippen LogP contribution in [0, 0.1) is 13.8 Å². The minimum absolute atomic E-state index is 0.0169. The summed E-state index contributed by atoms with van der Waals surface area (Å²) in [5.74, 6) is 0. The van der Waals surface area contributed by atoms with Gasteiger partial charge in [0.1, 0.15) is 0 Å². The zero-order valence-corrected chi connectivity index (χ0v) is 16.7. The summed E-state index contributed by atoms with van der Waals surface area (Å²) in [5.41, 5.74) is 10.9. The van der Waals surface area contributed by atoms with E-state index >= 15 is 0 Å². The molecule has 0 saturated heterocycles. The van der Waals surface area contributed by atoms with Crippen molar-refractivity contribution in [2.45, 2.75) is 39.5 Å². The molecule has 0 amide bonds. The van der Waals surface area contributed by atoms with Gasteiger partial charge in [-0.2, -0.15) is 0 Å². The predicted octanol–water partition coefficient (Wildman–Crippen LogP) is 5.62. The third kappa shape index (κ3) is 2.76. The summed E-state index contributed by atoms with van der Waals surface area (Å²) in [6, 6.07) is 12.8. The molecule has 2 N–H and O–H groups in total. The quantitative estimate of drug-likeness (QED) is 0.423. The number of H-pyrrole nitrogens is 2. The molecule has 5 rings (SSSR count). The molecule has 0 spiro atoms. The Morgan fingerprint density at radius 1 is 0.786 bits per heavy atom. The first-order valence-electron chi connectivity index (χ1n) is 9.74. The fourth-order valence-corrected chi connectivity index (χ4v) is 4.01. The highest BCUT2D eigenvalue weighted by atomic mass is 14.8. The second-order valence-corrected chi connectivity index (χ2v) is 8.46. The molecule has 0 aromatic carbocycles.